The quantitative estimate of drug-likeness (QED) is 0.775. The molecule has 2 N–H and O–H groups in total. The zero-order valence-corrected chi connectivity index (χ0v) is 14.7. The second-order valence-electron chi connectivity index (χ2n) is 7.42. The van der Waals surface area contributed by atoms with Crippen molar-refractivity contribution in [3.8, 4) is 11.5 Å². The molecule has 2 aliphatic carbocycles. The van der Waals surface area contributed by atoms with Gasteiger partial charge in [0, 0.05) is 12.1 Å². The SMILES string of the molecule is C[C@H](NC(=O)COC(=O)c1cc(-c2ccco2)n[nH]1)[C@H]1C[C@H]2CC[C@H]1C2. The van der Waals surface area contributed by atoms with Gasteiger partial charge in [-0.2, -0.15) is 5.10 Å². The van der Waals surface area contributed by atoms with Crippen LogP contribution in [0.2, 0.25) is 0 Å². The number of furan rings is 1. The summed E-state index contributed by atoms with van der Waals surface area (Å²) < 4.78 is 10.3. The van der Waals surface area contributed by atoms with Crippen LogP contribution < -0.4 is 5.32 Å². The van der Waals surface area contributed by atoms with E-state index in [1.54, 1.807) is 12.1 Å². The summed E-state index contributed by atoms with van der Waals surface area (Å²) in [5.74, 6) is 1.81. The minimum atomic E-state index is -0.613. The number of carbonyl (C=O) groups excluding carboxylic acids is 2. The van der Waals surface area contributed by atoms with Crippen LogP contribution in [0, 0.1) is 17.8 Å². The molecule has 2 aromatic rings. The fraction of sp³-hybridized carbons (Fsp3) is 0.526. The van der Waals surface area contributed by atoms with Crippen LogP contribution in [0.5, 0.6) is 0 Å². The normalized spacial score (nSPS) is 25.2. The number of rotatable bonds is 6. The van der Waals surface area contributed by atoms with Crippen LogP contribution in [0.25, 0.3) is 11.5 Å². The molecule has 0 unspecified atom stereocenters. The van der Waals surface area contributed by atoms with Crippen LogP contribution >= 0.6 is 0 Å². The van der Waals surface area contributed by atoms with Gasteiger partial charge in [-0.25, -0.2) is 4.79 Å². The molecule has 0 aliphatic heterocycles. The molecule has 7 heteroatoms. The monoisotopic (exact) mass is 357 g/mol. The zero-order valence-electron chi connectivity index (χ0n) is 14.7. The molecule has 0 radical (unpaired) electrons. The molecule has 2 aliphatic rings. The van der Waals surface area contributed by atoms with Gasteiger partial charge in [0.25, 0.3) is 5.91 Å². The number of fused-ring (bicyclic) bond motifs is 2. The Kier molecular flexibility index (Phi) is 4.53. The second kappa shape index (κ2) is 6.97. The van der Waals surface area contributed by atoms with E-state index in [0.29, 0.717) is 17.4 Å². The van der Waals surface area contributed by atoms with Gasteiger partial charge in [-0.05, 0) is 56.1 Å². The van der Waals surface area contributed by atoms with Crippen molar-refractivity contribution >= 4 is 11.9 Å². The first-order valence-corrected chi connectivity index (χ1v) is 9.16. The van der Waals surface area contributed by atoms with E-state index in [4.69, 9.17) is 9.15 Å². The van der Waals surface area contributed by atoms with Crippen molar-refractivity contribution in [2.45, 2.75) is 38.6 Å². The highest BCUT2D eigenvalue weighted by atomic mass is 16.5. The molecule has 4 atom stereocenters. The molecule has 2 aromatic heterocycles. The number of aromatic nitrogens is 2. The van der Waals surface area contributed by atoms with Gasteiger partial charge in [0.2, 0.25) is 0 Å². The Morgan fingerprint density at radius 2 is 2.31 bits per heavy atom. The third-order valence-electron chi connectivity index (χ3n) is 5.73. The Hall–Kier alpha value is -2.57. The number of hydrogen-bond acceptors (Lipinski definition) is 5. The molecule has 0 aromatic carbocycles. The van der Waals surface area contributed by atoms with E-state index in [9.17, 15) is 9.59 Å². The van der Waals surface area contributed by atoms with Crippen LogP contribution in [0.1, 0.15) is 43.1 Å². The number of hydrogen-bond donors (Lipinski definition) is 2. The number of aromatic amines is 1. The molecular weight excluding hydrogens is 334 g/mol. The van der Waals surface area contributed by atoms with Crippen molar-refractivity contribution in [2.75, 3.05) is 6.61 Å². The molecule has 26 heavy (non-hydrogen) atoms. The lowest BCUT2D eigenvalue weighted by Crippen LogP contribution is -2.42. The Balaban J connectivity index is 1.26. The minimum Gasteiger partial charge on any atom is -0.463 e. The van der Waals surface area contributed by atoms with E-state index in [1.807, 2.05) is 0 Å². The van der Waals surface area contributed by atoms with Gasteiger partial charge < -0.3 is 14.5 Å². The fourth-order valence-electron chi connectivity index (χ4n) is 4.49. The summed E-state index contributed by atoms with van der Waals surface area (Å²) in [6.45, 7) is 1.76. The molecule has 4 rings (SSSR count). The van der Waals surface area contributed by atoms with E-state index in [1.165, 1.54) is 38.0 Å². The topological polar surface area (TPSA) is 97.2 Å². The number of amides is 1. The van der Waals surface area contributed by atoms with E-state index in [2.05, 4.69) is 22.4 Å². The number of esters is 1. The highest BCUT2D eigenvalue weighted by molar-refractivity contribution is 5.90. The molecule has 1 amide bonds. The molecule has 2 fully saturated rings. The van der Waals surface area contributed by atoms with E-state index >= 15 is 0 Å². The van der Waals surface area contributed by atoms with Gasteiger partial charge in [-0.15, -0.1) is 0 Å². The maximum Gasteiger partial charge on any atom is 0.356 e. The molecular formula is C19H23N3O4. The molecule has 0 saturated heterocycles. The van der Waals surface area contributed by atoms with Crippen LogP contribution in [0.3, 0.4) is 0 Å². The average molecular weight is 357 g/mol. The lowest BCUT2D eigenvalue weighted by molar-refractivity contribution is -0.125. The number of nitrogens with one attached hydrogen (secondary N) is 2. The highest BCUT2D eigenvalue weighted by Gasteiger charge is 2.42. The summed E-state index contributed by atoms with van der Waals surface area (Å²) in [5.41, 5.74) is 0.696. The predicted octanol–water partition coefficient (Wildman–Crippen LogP) is 2.77. The van der Waals surface area contributed by atoms with Crippen LogP contribution in [-0.2, 0) is 9.53 Å². The van der Waals surface area contributed by atoms with Crippen LogP contribution in [-0.4, -0.2) is 34.7 Å². The summed E-state index contributed by atoms with van der Waals surface area (Å²) >= 11 is 0. The van der Waals surface area contributed by atoms with Gasteiger partial charge >= 0.3 is 5.97 Å². The highest BCUT2D eigenvalue weighted by Crippen LogP contribution is 2.49. The van der Waals surface area contributed by atoms with E-state index in [0.717, 1.165) is 11.8 Å². The smallest absolute Gasteiger partial charge is 0.356 e. The largest absolute Gasteiger partial charge is 0.463 e. The molecule has 7 nitrogen and oxygen atoms in total. The third kappa shape index (κ3) is 3.38. The van der Waals surface area contributed by atoms with Gasteiger partial charge in [0.05, 0.1) is 6.26 Å². The standard InChI is InChI=1S/C19H23N3O4/c1-11(14-8-12-4-5-13(14)7-12)20-18(23)10-26-19(24)16-9-15(21-22-16)17-3-2-6-25-17/h2-3,6,9,11-14H,4-5,7-8,10H2,1H3,(H,20,23)(H,21,22)/t11-,12-,13-,14+/m0/s1. The fourth-order valence-corrected chi connectivity index (χ4v) is 4.49. The van der Waals surface area contributed by atoms with Crippen molar-refractivity contribution in [1.29, 1.82) is 0 Å². The van der Waals surface area contributed by atoms with Gasteiger partial charge in [-0.1, -0.05) is 6.42 Å². The van der Waals surface area contributed by atoms with Crippen molar-refractivity contribution in [2.24, 2.45) is 17.8 Å². The molecule has 0 spiro atoms. The number of H-pyrrole nitrogens is 1. The maximum atomic E-state index is 12.1. The predicted molar refractivity (Wildman–Crippen MR) is 93.1 cm³/mol. The Morgan fingerprint density at radius 3 is 3.00 bits per heavy atom. The maximum absolute atomic E-state index is 12.1. The van der Waals surface area contributed by atoms with Gasteiger partial charge in [0.1, 0.15) is 11.4 Å². The average Bonchev–Trinajstić information content (AvgIpc) is 3.42. The Bertz CT molecular complexity index is 783. The lowest BCUT2D eigenvalue weighted by Gasteiger charge is -2.28. The summed E-state index contributed by atoms with van der Waals surface area (Å²) in [5, 5.41) is 9.60. The summed E-state index contributed by atoms with van der Waals surface area (Å²) in [7, 11) is 0. The van der Waals surface area contributed by atoms with E-state index in [-0.39, 0.29) is 24.2 Å². The third-order valence-corrected chi connectivity index (χ3v) is 5.73. The molecule has 2 heterocycles. The van der Waals surface area contributed by atoms with Gasteiger partial charge in [-0.3, -0.25) is 9.89 Å². The first kappa shape index (κ1) is 16.9. The minimum absolute atomic E-state index is 0.120. The molecule has 138 valence electrons. The second-order valence-corrected chi connectivity index (χ2v) is 7.42. The molecule has 2 bridgehead atoms. The van der Waals surface area contributed by atoms with Crippen molar-refractivity contribution in [3.63, 3.8) is 0 Å². The van der Waals surface area contributed by atoms with Crippen LogP contribution in [0.4, 0.5) is 0 Å². The number of nitrogens with zero attached hydrogens (tertiary/aromatic N) is 1. The van der Waals surface area contributed by atoms with E-state index < -0.39 is 5.97 Å². The summed E-state index contributed by atoms with van der Waals surface area (Å²) in [4.78, 5) is 24.2. The van der Waals surface area contributed by atoms with Crippen molar-refractivity contribution in [3.05, 3.63) is 30.2 Å². The zero-order chi connectivity index (χ0) is 18.1. The molecule has 2 saturated carbocycles. The van der Waals surface area contributed by atoms with Crippen LogP contribution in [0.15, 0.2) is 28.9 Å². The van der Waals surface area contributed by atoms with Crippen molar-refractivity contribution < 1.29 is 18.7 Å². The first-order valence-electron chi connectivity index (χ1n) is 9.16. The lowest BCUT2D eigenvalue weighted by atomic mass is 9.84. The van der Waals surface area contributed by atoms with Crippen molar-refractivity contribution in [1.82, 2.24) is 15.5 Å². The first-order chi connectivity index (χ1) is 12.6. The summed E-state index contributed by atoms with van der Waals surface area (Å²) in [6.07, 6.45) is 6.66. The number of carbonyl (C=O) groups is 2. The van der Waals surface area contributed by atoms with Gasteiger partial charge in [0.15, 0.2) is 12.4 Å². The number of ether oxygens (including phenoxy) is 1. The Labute approximate surface area is 151 Å². The summed E-state index contributed by atoms with van der Waals surface area (Å²) in [6, 6.07) is 5.14. The Morgan fingerprint density at radius 1 is 1.42 bits per heavy atom.